The summed E-state index contributed by atoms with van der Waals surface area (Å²) in [7, 11) is 0. The fourth-order valence-corrected chi connectivity index (χ4v) is 4.74. The molecule has 1 saturated carbocycles. The lowest BCUT2D eigenvalue weighted by molar-refractivity contribution is -0.207. The van der Waals surface area contributed by atoms with Crippen molar-refractivity contribution in [3.8, 4) is 0 Å². The Bertz CT molecular complexity index is 627. The second kappa shape index (κ2) is 6.46. The van der Waals surface area contributed by atoms with E-state index in [0.29, 0.717) is 17.9 Å². The third kappa shape index (κ3) is 2.82. The van der Waals surface area contributed by atoms with Crippen LogP contribution in [0.2, 0.25) is 0 Å². The number of rotatable bonds is 2. The van der Waals surface area contributed by atoms with E-state index in [4.69, 9.17) is 0 Å². The first-order valence-electron chi connectivity index (χ1n) is 8.91. The molecule has 0 radical (unpaired) electrons. The summed E-state index contributed by atoms with van der Waals surface area (Å²) in [5.41, 5.74) is 2.68. The van der Waals surface area contributed by atoms with E-state index in [2.05, 4.69) is 54.6 Å². The smallest absolute Gasteiger partial charge is 0.0608 e. The SMILES string of the molecule is ON1[C@@H](c2ccccc2)C[C@@H](c2ccccc2)[C@@H]2CCCC[C@@H]21. The topological polar surface area (TPSA) is 23.5 Å². The zero-order valence-corrected chi connectivity index (χ0v) is 13.5. The van der Waals surface area contributed by atoms with Crippen molar-refractivity contribution in [1.82, 2.24) is 5.06 Å². The average Bonchev–Trinajstić information content (AvgIpc) is 2.64. The Morgan fingerprint density at radius 1 is 0.783 bits per heavy atom. The summed E-state index contributed by atoms with van der Waals surface area (Å²) < 4.78 is 0. The lowest BCUT2D eigenvalue weighted by Crippen LogP contribution is -2.49. The molecule has 0 amide bonds. The number of nitrogens with zero attached hydrogens (tertiary/aromatic N) is 1. The molecule has 4 rings (SSSR count). The maximum absolute atomic E-state index is 10.9. The van der Waals surface area contributed by atoms with Crippen molar-refractivity contribution >= 4 is 0 Å². The second-order valence-electron chi connectivity index (χ2n) is 7.08. The minimum absolute atomic E-state index is 0.112. The zero-order valence-electron chi connectivity index (χ0n) is 13.5. The van der Waals surface area contributed by atoms with Crippen molar-refractivity contribution < 1.29 is 5.21 Å². The van der Waals surface area contributed by atoms with Gasteiger partial charge in [0.05, 0.1) is 6.04 Å². The van der Waals surface area contributed by atoms with E-state index in [-0.39, 0.29) is 6.04 Å². The number of piperidine rings is 1. The number of benzene rings is 2. The van der Waals surface area contributed by atoms with Crippen LogP contribution in [0.25, 0.3) is 0 Å². The molecule has 1 N–H and O–H groups in total. The van der Waals surface area contributed by atoms with E-state index in [0.717, 1.165) is 12.8 Å². The predicted molar refractivity (Wildman–Crippen MR) is 92.4 cm³/mol. The van der Waals surface area contributed by atoms with Gasteiger partial charge in [-0.25, -0.2) is 0 Å². The summed E-state index contributed by atoms with van der Waals surface area (Å²) in [6.45, 7) is 0. The van der Waals surface area contributed by atoms with Crippen molar-refractivity contribution in [3.05, 3.63) is 71.8 Å². The van der Waals surface area contributed by atoms with Crippen LogP contribution in [-0.2, 0) is 0 Å². The van der Waals surface area contributed by atoms with Crippen molar-refractivity contribution in [2.75, 3.05) is 0 Å². The fourth-order valence-electron chi connectivity index (χ4n) is 4.74. The van der Waals surface area contributed by atoms with Gasteiger partial charge in [-0.2, -0.15) is 5.06 Å². The molecule has 0 aromatic heterocycles. The summed E-state index contributed by atoms with van der Waals surface area (Å²) in [5, 5.41) is 12.6. The normalized spacial score (nSPS) is 31.5. The monoisotopic (exact) mass is 307 g/mol. The Labute approximate surface area is 138 Å². The maximum atomic E-state index is 10.9. The maximum Gasteiger partial charge on any atom is 0.0608 e. The van der Waals surface area contributed by atoms with Crippen LogP contribution in [-0.4, -0.2) is 16.3 Å². The number of hydrogen-bond donors (Lipinski definition) is 1. The molecule has 2 fully saturated rings. The van der Waals surface area contributed by atoms with Crippen LogP contribution in [0, 0.1) is 5.92 Å². The summed E-state index contributed by atoms with van der Waals surface area (Å²) in [6.07, 6.45) is 5.90. The third-order valence-corrected chi connectivity index (χ3v) is 5.85. The van der Waals surface area contributed by atoms with Crippen molar-refractivity contribution in [1.29, 1.82) is 0 Å². The van der Waals surface area contributed by atoms with Gasteiger partial charge in [0, 0.05) is 6.04 Å². The van der Waals surface area contributed by atoms with Gasteiger partial charge in [0.25, 0.3) is 0 Å². The van der Waals surface area contributed by atoms with Crippen molar-refractivity contribution in [2.45, 2.75) is 50.1 Å². The van der Waals surface area contributed by atoms with E-state index in [1.165, 1.54) is 30.4 Å². The average molecular weight is 307 g/mol. The summed E-state index contributed by atoms with van der Waals surface area (Å²) in [6, 6.07) is 21.8. The Hall–Kier alpha value is -1.64. The van der Waals surface area contributed by atoms with Gasteiger partial charge in [-0.05, 0) is 42.2 Å². The molecule has 120 valence electrons. The molecule has 2 aromatic carbocycles. The summed E-state index contributed by atoms with van der Waals surface area (Å²) in [5.74, 6) is 1.13. The molecular weight excluding hydrogens is 282 g/mol. The van der Waals surface area contributed by atoms with Gasteiger partial charge in [0.1, 0.15) is 0 Å². The quantitative estimate of drug-likeness (QED) is 0.828. The predicted octanol–water partition coefficient (Wildman–Crippen LogP) is 5.17. The molecule has 1 heterocycles. The highest BCUT2D eigenvalue weighted by molar-refractivity contribution is 5.26. The Balaban J connectivity index is 1.70. The minimum Gasteiger partial charge on any atom is -0.313 e. The first-order valence-corrected chi connectivity index (χ1v) is 8.91. The Kier molecular flexibility index (Phi) is 4.19. The molecule has 1 saturated heterocycles. The Morgan fingerprint density at radius 2 is 1.39 bits per heavy atom. The second-order valence-corrected chi connectivity index (χ2v) is 7.08. The number of hydroxylamine groups is 2. The summed E-state index contributed by atoms with van der Waals surface area (Å²) >= 11 is 0. The van der Waals surface area contributed by atoms with Crippen molar-refractivity contribution in [2.24, 2.45) is 5.92 Å². The Morgan fingerprint density at radius 3 is 2.09 bits per heavy atom. The zero-order chi connectivity index (χ0) is 15.6. The first kappa shape index (κ1) is 14.9. The van der Waals surface area contributed by atoms with E-state index in [9.17, 15) is 5.21 Å². The van der Waals surface area contributed by atoms with Gasteiger partial charge >= 0.3 is 0 Å². The van der Waals surface area contributed by atoms with Crippen molar-refractivity contribution in [3.63, 3.8) is 0 Å². The van der Waals surface area contributed by atoms with Crippen LogP contribution in [0.5, 0.6) is 0 Å². The van der Waals surface area contributed by atoms with E-state index < -0.39 is 0 Å². The first-order chi connectivity index (χ1) is 11.3. The highest BCUT2D eigenvalue weighted by Gasteiger charge is 2.44. The van der Waals surface area contributed by atoms with Crippen LogP contribution in [0.15, 0.2) is 60.7 Å². The molecule has 2 nitrogen and oxygen atoms in total. The van der Waals surface area contributed by atoms with E-state index in [1.54, 1.807) is 5.06 Å². The van der Waals surface area contributed by atoms with E-state index >= 15 is 0 Å². The molecular formula is C21H25NO. The van der Waals surface area contributed by atoms with Gasteiger partial charge < -0.3 is 5.21 Å². The molecule has 4 atom stereocenters. The van der Waals surface area contributed by atoms with E-state index in [1.807, 2.05) is 6.07 Å². The van der Waals surface area contributed by atoms with Gasteiger partial charge in [0.2, 0.25) is 0 Å². The van der Waals surface area contributed by atoms with Gasteiger partial charge in [-0.15, -0.1) is 0 Å². The lowest BCUT2D eigenvalue weighted by Gasteiger charge is -2.49. The molecule has 0 spiro atoms. The molecule has 2 aliphatic rings. The van der Waals surface area contributed by atoms with Crippen LogP contribution >= 0.6 is 0 Å². The summed E-state index contributed by atoms with van der Waals surface area (Å²) in [4.78, 5) is 0. The van der Waals surface area contributed by atoms with Gasteiger partial charge in [0.15, 0.2) is 0 Å². The fraction of sp³-hybridized carbons (Fsp3) is 0.429. The molecule has 0 bridgehead atoms. The lowest BCUT2D eigenvalue weighted by atomic mass is 9.67. The largest absolute Gasteiger partial charge is 0.313 e. The molecule has 0 unspecified atom stereocenters. The highest BCUT2D eigenvalue weighted by atomic mass is 16.5. The van der Waals surface area contributed by atoms with Crippen LogP contribution in [0.1, 0.15) is 55.2 Å². The molecule has 1 aliphatic heterocycles. The minimum atomic E-state index is 0.112. The molecule has 2 heteroatoms. The third-order valence-electron chi connectivity index (χ3n) is 5.85. The number of fused-ring (bicyclic) bond motifs is 1. The van der Waals surface area contributed by atoms with Crippen LogP contribution < -0.4 is 0 Å². The highest BCUT2D eigenvalue weighted by Crippen LogP contribution is 2.49. The van der Waals surface area contributed by atoms with Crippen LogP contribution in [0.3, 0.4) is 0 Å². The molecule has 23 heavy (non-hydrogen) atoms. The molecule has 1 aliphatic carbocycles. The van der Waals surface area contributed by atoms with Gasteiger partial charge in [-0.3, -0.25) is 0 Å². The van der Waals surface area contributed by atoms with Crippen LogP contribution in [0.4, 0.5) is 0 Å². The number of hydrogen-bond acceptors (Lipinski definition) is 2. The van der Waals surface area contributed by atoms with Gasteiger partial charge in [-0.1, -0.05) is 73.5 Å². The standard InChI is InChI=1S/C21H25NO/c23-22-20-14-8-7-13-18(20)19(16-9-3-1-4-10-16)15-21(22)17-11-5-2-6-12-17/h1-6,9-12,18-21,23H,7-8,13-15H2/t18-,19-,20-,21+/m0/s1. The molecule has 2 aromatic rings.